The van der Waals surface area contributed by atoms with Crippen molar-refractivity contribution in [2.45, 2.75) is 57.9 Å². The Hall–Kier alpha value is -1.02. The molecule has 2 nitrogen and oxygen atoms in total. The van der Waals surface area contributed by atoms with Gasteiger partial charge in [-0.05, 0) is 74.9 Å². The zero-order valence-corrected chi connectivity index (χ0v) is 13.1. The molecule has 2 aliphatic rings. The summed E-state index contributed by atoms with van der Waals surface area (Å²) in [5, 5.41) is 0. The van der Waals surface area contributed by atoms with Crippen molar-refractivity contribution in [3.05, 3.63) is 29.3 Å². The molecule has 0 radical (unpaired) electrons. The van der Waals surface area contributed by atoms with Crippen LogP contribution in [0.15, 0.2) is 18.2 Å². The molecule has 0 bridgehead atoms. The molecule has 2 fully saturated rings. The fourth-order valence-electron chi connectivity index (χ4n) is 4.01. The Morgan fingerprint density at radius 2 is 1.90 bits per heavy atom. The van der Waals surface area contributed by atoms with Crippen molar-refractivity contribution < 1.29 is 4.74 Å². The van der Waals surface area contributed by atoms with E-state index in [9.17, 15) is 0 Å². The maximum absolute atomic E-state index is 6.20. The van der Waals surface area contributed by atoms with Crippen LogP contribution >= 0.6 is 0 Å². The molecule has 0 saturated carbocycles. The Morgan fingerprint density at radius 3 is 2.55 bits per heavy atom. The van der Waals surface area contributed by atoms with Gasteiger partial charge in [-0.1, -0.05) is 19.9 Å². The molecule has 0 N–H and O–H groups in total. The predicted molar refractivity (Wildman–Crippen MR) is 83.5 cm³/mol. The lowest BCUT2D eigenvalue weighted by Gasteiger charge is -2.31. The van der Waals surface area contributed by atoms with Gasteiger partial charge >= 0.3 is 0 Å². The van der Waals surface area contributed by atoms with Crippen LogP contribution < -0.4 is 4.74 Å². The molecule has 2 saturated heterocycles. The summed E-state index contributed by atoms with van der Waals surface area (Å²) in [5.41, 5.74) is 3.13. The minimum absolute atomic E-state index is 0.350. The molecular formula is C18H27NO. The summed E-state index contributed by atoms with van der Waals surface area (Å²) in [6, 6.07) is 6.57. The summed E-state index contributed by atoms with van der Waals surface area (Å²) >= 11 is 0. The van der Waals surface area contributed by atoms with E-state index in [0.717, 1.165) is 12.4 Å². The summed E-state index contributed by atoms with van der Waals surface area (Å²) in [5.74, 6) is 1.61. The smallest absolute Gasteiger partial charge is 0.119 e. The third-order valence-electron chi connectivity index (χ3n) is 5.19. The number of hydrogen-bond acceptors (Lipinski definition) is 2. The minimum Gasteiger partial charge on any atom is -0.492 e. The van der Waals surface area contributed by atoms with Gasteiger partial charge in [0, 0.05) is 0 Å². The van der Waals surface area contributed by atoms with Crippen molar-refractivity contribution in [1.29, 1.82) is 0 Å². The van der Waals surface area contributed by atoms with Crippen LogP contribution in [0.5, 0.6) is 5.75 Å². The van der Waals surface area contributed by atoms with Crippen LogP contribution in [0.4, 0.5) is 0 Å². The Labute approximate surface area is 123 Å². The van der Waals surface area contributed by atoms with Crippen LogP contribution in [-0.4, -0.2) is 30.1 Å². The van der Waals surface area contributed by atoms with Crippen molar-refractivity contribution in [1.82, 2.24) is 4.90 Å². The Morgan fingerprint density at radius 1 is 1.20 bits per heavy atom. The van der Waals surface area contributed by atoms with Crippen LogP contribution in [0.1, 0.15) is 56.6 Å². The Kier molecular flexibility index (Phi) is 3.76. The van der Waals surface area contributed by atoms with Crippen molar-refractivity contribution in [2.75, 3.05) is 19.7 Å². The van der Waals surface area contributed by atoms with Crippen LogP contribution in [-0.2, 0) is 0 Å². The number of rotatable bonds is 4. The van der Waals surface area contributed by atoms with E-state index in [4.69, 9.17) is 4.74 Å². The normalized spacial score (nSPS) is 21.4. The lowest BCUT2D eigenvalue weighted by Crippen LogP contribution is -2.43. The minimum atomic E-state index is 0.350. The monoisotopic (exact) mass is 273 g/mol. The van der Waals surface area contributed by atoms with Gasteiger partial charge in [0.25, 0.3) is 0 Å². The fourth-order valence-corrected chi connectivity index (χ4v) is 4.01. The molecule has 0 amide bonds. The van der Waals surface area contributed by atoms with E-state index in [1.54, 1.807) is 0 Å². The summed E-state index contributed by atoms with van der Waals surface area (Å²) in [7, 11) is 0. The number of nitrogens with zero attached hydrogens (tertiary/aromatic N) is 1. The van der Waals surface area contributed by atoms with E-state index >= 15 is 0 Å². The summed E-state index contributed by atoms with van der Waals surface area (Å²) < 4.78 is 6.20. The number of ether oxygens (including phenoxy) is 1. The Bertz CT molecular complexity index is 470. The molecular weight excluding hydrogens is 246 g/mol. The Balaban J connectivity index is 1.71. The summed E-state index contributed by atoms with van der Waals surface area (Å²) in [4.78, 5) is 2.66. The van der Waals surface area contributed by atoms with E-state index in [1.165, 1.54) is 49.9 Å². The first-order chi connectivity index (χ1) is 9.61. The molecule has 0 spiro atoms. The van der Waals surface area contributed by atoms with E-state index < -0.39 is 0 Å². The van der Waals surface area contributed by atoms with Gasteiger partial charge in [-0.2, -0.15) is 0 Å². The highest BCUT2D eigenvalue weighted by Gasteiger charge is 2.44. The van der Waals surface area contributed by atoms with Crippen LogP contribution in [0, 0.1) is 6.92 Å². The van der Waals surface area contributed by atoms with Gasteiger partial charge in [0.1, 0.15) is 12.4 Å². The highest BCUT2D eigenvalue weighted by atomic mass is 16.5. The third-order valence-corrected chi connectivity index (χ3v) is 5.19. The SMILES string of the molecule is Cc1ccc(OCC23CCCN2CCC3)cc1C(C)C. The van der Waals surface area contributed by atoms with Crippen molar-refractivity contribution >= 4 is 0 Å². The van der Waals surface area contributed by atoms with E-state index in [2.05, 4.69) is 43.9 Å². The highest BCUT2D eigenvalue weighted by molar-refractivity contribution is 5.36. The molecule has 110 valence electrons. The summed E-state index contributed by atoms with van der Waals surface area (Å²) in [6.07, 6.45) is 5.31. The molecule has 2 heteroatoms. The van der Waals surface area contributed by atoms with Crippen LogP contribution in [0.3, 0.4) is 0 Å². The lowest BCUT2D eigenvalue weighted by molar-refractivity contribution is 0.113. The van der Waals surface area contributed by atoms with Gasteiger partial charge in [0.15, 0.2) is 0 Å². The molecule has 3 rings (SSSR count). The second-order valence-electron chi connectivity index (χ2n) is 6.88. The molecule has 0 aromatic heterocycles. The second-order valence-corrected chi connectivity index (χ2v) is 6.88. The lowest BCUT2D eigenvalue weighted by atomic mass is 9.95. The van der Waals surface area contributed by atoms with E-state index in [-0.39, 0.29) is 0 Å². The van der Waals surface area contributed by atoms with E-state index in [1.807, 2.05) is 0 Å². The first-order valence-corrected chi connectivity index (χ1v) is 8.09. The highest BCUT2D eigenvalue weighted by Crippen LogP contribution is 2.39. The first kappa shape index (κ1) is 13.9. The molecule has 2 aliphatic heterocycles. The van der Waals surface area contributed by atoms with Gasteiger partial charge in [-0.15, -0.1) is 0 Å². The second kappa shape index (κ2) is 5.40. The van der Waals surface area contributed by atoms with Crippen LogP contribution in [0.2, 0.25) is 0 Å². The number of fused-ring (bicyclic) bond motifs is 1. The quantitative estimate of drug-likeness (QED) is 0.818. The molecule has 20 heavy (non-hydrogen) atoms. The number of aryl methyl sites for hydroxylation is 1. The predicted octanol–water partition coefficient (Wildman–Crippen LogP) is 4.13. The zero-order valence-electron chi connectivity index (χ0n) is 13.1. The molecule has 0 aliphatic carbocycles. The van der Waals surface area contributed by atoms with Crippen molar-refractivity contribution in [2.24, 2.45) is 0 Å². The van der Waals surface area contributed by atoms with Crippen LogP contribution in [0.25, 0.3) is 0 Å². The topological polar surface area (TPSA) is 12.5 Å². The maximum Gasteiger partial charge on any atom is 0.119 e. The standard InChI is InChI=1S/C18H27NO/c1-14(2)17-12-16(7-6-15(17)3)20-13-18-8-4-10-19(18)11-5-9-18/h6-7,12,14H,4-5,8-11,13H2,1-3H3. The largest absolute Gasteiger partial charge is 0.492 e. The average Bonchev–Trinajstić information content (AvgIpc) is 2.97. The van der Waals surface area contributed by atoms with Gasteiger partial charge in [-0.3, -0.25) is 4.90 Å². The molecule has 2 heterocycles. The van der Waals surface area contributed by atoms with Gasteiger partial charge < -0.3 is 4.74 Å². The zero-order chi connectivity index (χ0) is 14.2. The average molecular weight is 273 g/mol. The number of benzene rings is 1. The van der Waals surface area contributed by atoms with Gasteiger partial charge in [0.2, 0.25) is 0 Å². The molecule has 1 aromatic carbocycles. The van der Waals surface area contributed by atoms with Gasteiger partial charge in [0.05, 0.1) is 5.54 Å². The molecule has 1 aromatic rings. The molecule has 0 atom stereocenters. The molecule has 0 unspecified atom stereocenters. The van der Waals surface area contributed by atoms with Crippen molar-refractivity contribution in [3.8, 4) is 5.75 Å². The fraction of sp³-hybridized carbons (Fsp3) is 0.667. The first-order valence-electron chi connectivity index (χ1n) is 8.09. The van der Waals surface area contributed by atoms with E-state index in [0.29, 0.717) is 11.5 Å². The van der Waals surface area contributed by atoms with Crippen molar-refractivity contribution in [3.63, 3.8) is 0 Å². The third kappa shape index (κ3) is 2.46. The summed E-state index contributed by atoms with van der Waals surface area (Å²) in [6.45, 7) is 10.1. The number of hydrogen-bond donors (Lipinski definition) is 0. The maximum atomic E-state index is 6.20. The van der Waals surface area contributed by atoms with Gasteiger partial charge in [-0.25, -0.2) is 0 Å².